The third-order valence-corrected chi connectivity index (χ3v) is 4.41. The number of hydrogen-bond donors (Lipinski definition) is 2. The van der Waals surface area contributed by atoms with Crippen LogP contribution in [-0.2, 0) is 22.4 Å². The number of aryl methyl sites for hydroxylation is 1. The summed E-state index contributed by atoms with van der Waals surface area (Å²) in [4.78, 5) is 11.6. The maximum absolute atomic E-state index is 11.6. The van der Waals surface area contributed by atoms with E-state index in [0.717, 1.165) is 18.4 Å². The summed E-state index contributed by atoms with van der Waals surface area (Å²) >= 11 is 0. The lowest BCUT2D eigenvalue weighted by atomic mass is 10.1. The Morgan fingerprint density at radius 1 is 1.11 bits per heavy atom. The molecule has 0 aliphatic heterocycles. The molecule has 2 atom stereocenters. The smallest absolute Gasteiger partial charge is 0.310 e. The first kappa shape index (κ1) is 21.9. The lowest BCUT2D eigenvalue weighted by molar-refractivity contribution is -0.142. The number of esters is 1. The minimum absolute atomic E-state index is 0.196. The van der Waals surface area contributed by atoms with Crippen LogP contribution < -0.4 is 10.1 Å². The van der Waals surface area contributed by atoms with Gasteiger partial charge < -0.3 is 19.9 Å². The van der Waals surface area contributed by atoms with Gasteiger partial charge in [-0.05, 0) is 49.9 Å². The van der Waals surface area contributed by atoms with E-state index >= 15 is 0 Å². The Morgan fingerprint density at radius 2 is 1.86 bits per heavy atom. The van der Waals surface area contributed by atoms with Crippen LogP contribution in [0.2, 0.25) is 0 Å². The third-order valence-electron chi connectivity index (χ3n) is 4.41. The first-order valence-corrected chi connectivity index (χ1v) is 9.89. The van der Waals surface area contributed by atoms with Crippen LogP contribution in [0.4, 0.5) is 0 Å². The van der Waals surface area contributed by atoms with Gasteiger partial charge in [0, 0.05) is 12.6 Å². The van der Waals surface area contributed by atoms with Gasteiger partial charge in [0.15, 0.2) is 0 Å². The SMILES string of the molecule is CCOC(=O)Cc1cccc(OCC(O)CNC(C)CCc2ccccc2)c1. The average molecular weight is 386 g/mol. The molecule has 2 unspecified atom stereocenters. The number of aliphatic hydroxyl groups is 1. The van der Waals surface area contributed by atoms with Crippen LogP contribution in [0, 0.1) is 0 Å². The van der Waals surface area contributed by atoms with Crippen LogP contribution in [0.15, 0.2) is 54.6 Å². The highest BCUT2D eigenvalue weighted by Crippen LogP contribution is 2.14. The van der Waals surface area contributed by atoms with Gasteiger partial charge in [0.1, 0.15) is 18.5 Å². The molecule has 0 aliphatic carbocycles. The van der Waals surface area contributed by atoms with Crippen molar-refractivity contribution in [2.75, 3.05) is 19.8 Å². The topological polar surface area (TPSA) is 67.8 Å². The molecule has 0 heterocycles. The van der Waals surface area contributed by atoms with E-state index in [1.807, 2.05) is 24.3 Å². The van der Waals surface area contributed by atoms with Gasteiger partial charge in [-0.2, -0.15) is 0 Å². The van der Waals surface area contributed by atoms with Crippen molar-refractivity contribution in [3.8, 4) is 5.75 Å². The van der Waals surface area contributed by atoms with E-state index in [4.69, 9.17) is 9.47 Å². The van der Waals surface area contributed by atoms with E-state index in [0.29, 0.717) is 24.9 Å². The molecule has 0 fully saturated rings. The molecule has 2 aromatic rings. The number of benzene rings is 2. The fraction of sp³-hybridized carbons (Fsp3) is 0.435. The summed E-state index contributed by atoms with van der Waals surface area (Å²) in [5.41, 5.74) is 2.15. The van der Waals surface area contributed by atoms with Crippen LogP contribution in [0.3, 0.4) is 0 Å². The number of carbonyl (C=O) groups excluding carboxylic acids is 1. The van der Waals surface area contributed by atoms with Gasteiger partial charge in [0.25, 0.3) is 0 Å². The predicted molar refractivity (Wildman–Crippen MR) is 111 cm³/mol. The summed E-state index contributed by atoms with van der Waals surface area (Å²) in [7, 11) is 0. The van der Waals surface area contributed by atoms with Crippen molar-refractivity contribution in [3.05, 3.63) is 65.7 Å². The molecule has 0 radical (unpaired) electrons. The van der Waals surface area contributed by atoms with Crippen molar-refractivity contribution in [2.24, 2.45) is 0 Å². The zero-order valence-electron chi connectivity index (χ0n) is 16.8. The molecule has 0 spiro atoms. The molecule has 0 aromatic heterocycles. The first-order valence-electron chi connectivity index (χ1n) is 9.89. The highest BCUT2D eigenvalue weighted by atomic mass is 16.5. The maximum atomic E-state index is 11.6. The summed E-state index contributed by atoms with van der Waals surface area (Å²) in [5, 5.41) is 13.5. The minimum atomic E-state index is -0.604. The van der Waals surface area contributed by atoms with Crippen LogP contribution in [0.1, 0.15) is 31.4 Å². The normalized spacial score (nSPS) is 13.0. The monoisotopic (exact) mass is 385 g/mol. The number of carbonyl (C=O) groups is 1. The molecule has 5 heteroatoms. The van der Waals surface area contributed by atoms with Crippen LogP contribution in [0.5, 0.6) is 5.75 Å². The largest absolute Gasteiger partial charge is 0.491 e. The second-order valence-electron chi connectivity index (χ2n) is 6.93. The molecular formula is C23H31NO4. The summed E-state index contributed by atoms with van der Waals surface area (Å²) in [6.07, 6.45) is 1.63. The molecule has 0 amide bonds. The van der Waals surface area contributed by atoms with Crippen molar-refractivity contribution in [1.82, 2.24) is 5.32 Å². The fourth-order valence-corrected chi connectivity index (χ4v) is 2.84. The van der Waals surface area contributed by atoms with Crippen molar-refractivity contribution in [2.45, 2.75) is 45.3 Å². The zero-order valence-corrected chi connectivity index (χ0v) is 16.8. The van der Waals surface area contributed by atoms with Gasteiger partial charge in [0.05, 0.1) is 13.0 Å². The van der Waals surface area contributed by atoms with Crippen LogP contribution in [0.25, 0.3) is 0 Å². The molecule has 0 saturated heterocycles. The Labute approximate surface area is 167 Å². The van der Waals surface area contributed by atoms with Gasteiger partial charge in [0.2, 0.25) is 0 Å². The summed E-state index contributed by atoms with van der Waals surface area (Å²) in [5.74, 6) is 0.381. The Kier molecular flexibility index (Phi) is 9.52. The van der Waals surface area contributed by atoms with E-state index in [2.05, 4.69) is 36.5 Å². The van der Waals surface area contributed by atoms with E-state index in [9.17, 15) is 9.90 Å². The number of rotatable bonds is 12. The molecule has 0 saturated carbocycles. The summed E-state index contributed by atoms with van der Waals surface area (Å²) in [6, 6.07) is 18.0. The number of ether oxygens (including phenoxy) is 2. The minimum Gasteiger partial charge on any atom is -0.491 e. The standard InChI is InChI=1S/C23H31NO4/c1-3-27-23(26)15-20-10-7-11-22(14-20)28-17-21(25)16-24-18(2)12-13-19-8-5-4-6-9-19/h4-11,14,18,21,24-25H,3,12-13,15-17H2,1-2H3. The zero-order chi connectivity index (χ0) is 20.2. The number of hydrogen-bond acceptors (Lipinski definition) is 5. The average Bonchev–Trinajstić information content (AvgIpc) is 2.70. The maximum Gasteiger partial charge on any atom is 0.310 e. The van der Waals surface area contributed by atoms with Crippen molar-refractivity contribution in [3.63, 3.8) is 0 Å². The summed E-state index contributed by atoms with van der Waals surface area (Å²) in [6.45, 7) is 4.95. The molecule has 0 aliphatic rings. The highest BCUT2D eigenvalue weighted by molar-refractivity contribution is 5.72. The molecule has 2 rings (SSSR count). The first-order chi connectivity index (χ1) is 13.6. The molecule has 2 N–H and O–H groups in total. The second kappa shape index (κ2) is 12.2. The number of nitrogens with one attached hydrogen (secondary N) is 1. The van der Waals surface area contributed by atoms with Crippen molar-refractivity contribution < 1.29 is 19.4 Å². The van der Waals surface area contributed by atoms with Gasteiger partial charge in [-0.15, -0.1) is 0 Å². The molecule has 5 nitrogen and oxygen atoms in total. The van der Waals surface area contributed by atoms with Gasteiger partial charge in [-0.25, -0.2) is 0 Å². The Morgan fingerprint density at radius 3 is 2.61 bits per heavy atom. The van der Waals surface area contributed by atoms with E-state index in [1.165, 1.54) is 5.56 Å². The van der Waals surface area contributed by atoms with Crippen LogP contribution in [-0.4, -0.2) is 43.0 Å². The molecule has 2 aromatic carbocycles. The van der Waals surface area contributed by atoms with Gasteiger partial charge in [-0.1, -0.05) is 42.5 Å². The lowest BCUT2D eigenvalue weighted by Gasteiger charge is -2.18. The molecule has 0 bridgehead atoms. The fourth-order valence-electron chi connectivity index (χ4n) is 2.84. The Bertz CT molecular complexity index is 705. The Balaban J connectivity index is 1.67. The van der Waals surface area contributed by atoms with Crippen molar-refractivity contribution in [1.29, 1.82) is 0 Å². The van der Waals surface area contributed by atoms with Gasteiger partial charge >= 0.3 is 5.97 Å². The van der Waals surface area contributed by atoms with E-state index in [1.54, 1.807) is 13.0 Å². The van der Waals surface area contributed by atoms with E-state index < -0.39 is 6.10 Å². The number of aliphatic hydroxyl groups excluding tert-OH is 1. The van der Waals surface area contributed by atoms with Crippen LogP contribution >= 0.6 is 0 Å². The van der Waals surface area contributed by atoms with Gasteiger partial charge in [-0.3, -0.25) is 4.79 Å². The predicted octanol–water partition coefficient (Wildman–Crippen LogP) is 3.14. The molecule has 28 heavy (non-hydrogen) atoms. The second-order valence-corrected chi connectivity index (χ2v) is 6.93. The highest BCUT2D eigenvalue weighted by Gasteiger charge is 2.10. The van der Waals surface area contributed by atoms with Crippen molar-refractivity contribution >= 4 is 5.97 Å². The quantitative estimate of drug-likeness (QED) is 0.550. The molecular weight excluding hydrogens is 354 g/mol. The van der Waals surface area contributed by atoms with E-state index in [-0.39, 0.29) is 19.0 Å². The summed E-state index contributed by atoms with van der Waals surface area (Å²) < 4.78 is 10.6. The lowest BCUT2D eigenvalue weighted by Crippen LogP contribution is -2.36. The Hall–Kier alpha value is -2.37. The molecule has 152 valence electrons. The third kappa shape index (κ3) is 8.55.